The molecule has 1 atom stereocenters. The molecule has 0 saturated carbocycles. The number of aromatic nitrogens is 3. The van der Waals surface area contributed by atoms with Crippen LogP contribution in [-0.4, -0.2) is 20.8 Å². The molecule has 4 nitrogen and oxygen atoms in total. The van der Waals surface area contributed by atoms with Crippen molar-refractivity contribution in [2.75, 3.05) is 0 Å². The summed E-state index contributed by atoms with van der Waals surface area (Å²) in [6, 6.07) is 0. The zero-order valence-corrected chi connectivity index (χ0v) is 9.19. The van der Waals surface area contributed by atoms with Crippen molar-refractivity contribution >= 4 is 5.78 Å². The third-order valence-electron chi connectivity index (χ3n) is 2.51. The van der Waals surface area contributed by atoms with Crippen LogP contribution in [0.1, 0.15) is 26.5 Å². The molecular weight excluding hydrogens is 178 g/mol. The minimum atomic E-state index is 0.0945. The molecule has 0 aliphatic heterocycles. The number of aryl methyl sites for hydroxylation is 1. The number of ketones is 1. The molecule has 1 aromatic rings. The molecule has 1 unspecified atom stereocenters. The van der Waals surface area contributed by atoms with Crippen molar-refractivity contribution in [1.29, 1.82) is 0 Å². The van der Waals surface area contributed by atoms with Gasteiger partial charge in [-0.2, -0.15) is 0 Å². The lowest BCUT2D eigenvalue weighted by molar-refractivity contribution is -0.122. The number of rotatable bonds is 4. The summed E-state index contributed by atoms with van der Waals surface area (Å²) in [6.45, 7) is 6.07. The highest BCUT2D eigenvalue weighted by Gasteiger charge is 2.17. The Hall–Kier alpha value is -1.19. The van der Waals surface area contributed by atoms with Crippen molar-refractivity contribution < 1.29 is 4.79 Å². The van der Waals surface area contributed by atoms with E-state index in [1.165, 1.54) is 0 Å². The Morgan fingerprint density at radius 3 is 2.57 bits per heavy atom. The first-order valence-corrected chi connectivity index (χ1v) is 4.88. The van der Waals surface area contributed by atoms with Crippen LogP contribution >= 0.6 is 0 Å². The Kier molecular flexibility index (Phi) is 3.38. The van der Waals surface area contributed by atoms with Gasteiger partial charge in [0.15, 0.2) is 0 Å². The van der Waals surface area contributed by atoms with Crippen LogP contribution in [0.3, 0.4) is 0 Å². The normalized spacial score (nSPS) is 13.2. The Morgan fingerprint density at radius 2 is 2.14 bits per heavy atom. The molecule has 0 aliphatic carbocycles. The fourth-order valence-electron chi connectivity index (χ4n) is 1.19. The summed E-state index contributed by atoms with van der Waals surface area (Å²) in [5.74, 6) is 0.719. The van der Waals surface area contributed by atoms with Crippen molar-refractivity contribution in [1.82, 2.24) is 15.0 Å². The molecular formula is C10H17N3O. The summed E-state index contributed by atoms with van der Waals surface area (Å²) in [5.41, 5.74) is 0.755. The van der Waals surface area contributed by atoms with Gasteiger partial charge < -0.3 is 0 Å². The van der Waals surface area contributed by atoms with Gasteiger partial charge in [0.05, 0.1) is 12.1 Å². The summed E-state index contributed by atoms with van der Waals surface area (Å²) in [5, 5.41) is 7.68. The van der Waals surface area contributed by atoms with Gasteiger partial charge in [-0.25, -0.2) is 0 Å². The lowest BCUT2D eigenvalue weighted by Crippen LogP contribution is -2.18. The Morgan fingerprint density at radius 1 is 1.50 bits per heavy atom. The van der Waals surface area contributed by atoms with Gasteiger partial charge in [-0.1, -0.05) is 26.0 Å². The first kappa shape index (κ1) is 10.9. The number of Topliss-reactive ketones (excluding diaryl/α,β-unsaturated/α-hetero) is 1. The van der Waals surface area contributed by atoms with Crippen molar-refractivity contribution in [3.05, 3.63) is 11.9 Å². The molecule has 14 heavy (non-hydrogen) atoms. The molecule has 0 N–H and O–H groups in total. The molecule has 0 bridgehead atoms. The van der Waals surface area contributed by atoms with Gasteiger partial charge in [-0.15, -0.1) is 5.10 Å². The van der Waals surface area contributed by atoms with E-state index in [0.29, 0.717) is 12.3 Å². The molecule has 1 heterocycles. The largest absolute Gasteiger partial charge is 0.299 e. The molecule has 4 heteroatoms. The molecule has 0 saturated heterocycles. The van der Waals surface area contributed by atoms with Crippen LogP contribution in [0, 0.1) is 11.8 Å². The molecule has 1 rings (SSSR count). The minimum absolute atomic E-state index is 0.0945. The van der Waals surface area contributed by atoms with Gasteiger partial charge in [0.1, 0.15) is 5.78 Å². The predicted molar refractivity (Wildman–Crippen MR) is 53.7 cm³/mol. The van der Waals surface area contributed by atoms with Crippen molar-refractivity contribution in [3.8, 4) is 0 Å². The van der Waals surface area contributed by atoms with E-state index in [1.807, 2.05) is 6.92 Å². The third-order valence-corrected chi connectivity index (χ3v) is 2.51. The van der Waals surface area contributed by atoms with E-state index in [-0.39, 0.29) is 11.7 Å². The summed E-state index contributed by atoms with van der Waals surface area (Å²) in [6.07, 6.45) is 2.18. The zero-order valence-electron chi connectivity index (χ0n) is 9.19. The maximum Gasteiger partial charge on any atom is 0.142 e. The van der Waals surface area contributed by atoms with E-state index < -0.39 is 0 Å². The first-order valence-electron chi connectivity index (χ1n) is 4.88. The summed E-state index contributed by atoms with van der Waals surface area (Å²) in [7, 11) is 1.80. The SMILES string of the molecule is CC(C)C(C)C(=O)Cc1cn(C)nn1. The second-order valence-corrected chi connectivity index (χ2v) is 4.06. The van der Waals surface area contributed by atoms with Crippen LogP contribution in [0.5, 0.6) is 0 Å². The van der Waals surface area contributed by atoms with Gasteiger partial charge in [-0.05, 0) is 5.92 Å². The number of carbonyl (C=O) groups is 1. The van der Waals surface area contributed by atoms with Gasteiger partial charge in [-0.3, -0.25) is 9.48 Å². The average molecular weight is 195 g/mol. The third kappa shape index (κ3) is 2.65. The smallest absolute Gasteiger partial charge is 0.142 e. The first-order chi connectivity index (χ1) is 6.50. The number of carbonyl (C=O) groups excluding carboxylic acids is 1. The summed E-state index contributed by atoms with van der Waals surface area (Å²) >= 11 is 0. The monoisotopic (exact) mass is 195 g/mol. The molecule has 78 valence electrons. The van der Waals surface area contributed by atoms with E-state index in [0.717, 1.165) is 5.69 Å². The average Bonchev–Trinajstić information content (AvgIpc) is 2.49. The molecule has 0 radical (unpaired) electrons. The zero-order chi connectivity index (χ0) is 10.7. The standard InChI is InChI=1S/C10H17N3O/c1-7(2)8(3)10(14)5-9-6-13(4)12-11-9/h6-8H,5H2,1-4H3. The fourth-order valence-corrected chi connectivity index (χ4v) is 1.19. The van der Waals surface area contributed by atoms with Gasteiger partial charge in [0, 0.05) is 19.2 Å². The van der Waals surface area contributed by atoms with Crippen molar-refractivity contribution in [2.45, 2.75) is 27.2 Å². The van der Waals surface area contributed by atoms with Crippen LogP contribution < -0.4 is 0 Å². The van der Waals surface area contributed by atoms with E-state index in [4.69, 9.17) is 0 Å². The highest BCUT2D eigenvalue weighted by molar-refractivity contribution is 5.82. The number of hydrogen-bond acceptors (Lipinski definition) is 3. The predicted octanol–water partition coefficient (Wildman–Crippen LogP) is 1.22. The van der Waals surface area contributed by atoms with Crippen LogP contribution in [0.25, 0.3) is 0 Å². The molecule has 1 aromatic heterocycles. The Balaban J connectivity index is 2.57. The number of hydrogen-bond donors (Lipinski definition) is 0. The lowest BCUT2D eigenvalue weighted by Gasteiger charge is -2.12. The lowest BCUT2D eigenvalue weighted by atomic mass is 9.91. The van der Waals surface area contributed by atoms with Gasteiger partial charge in [0.2, 0.25) is 0 Å². The highest BCUT2D eigenvalue weighted by atomic mass is 16.1. The van der Waals surface area contributed by atoms with Crippen LogP contribution in [0.2, 0.25) is 0 Å². The van der Waals surface area contributed by atoms with Crippen molar-refractivity contribution in [2.24, 2.45) is 18.9 Å². The van der Waals surface area contributed by atoms with E-state index in [2.05, 4.69) is 24.2 Å². The van der Waals surface area contributed by atoms with Crippen molar-refractivity contribution in [3.63, 3.8) is 0 Å². The molecule has 0 aliphatic rings. The summed E-state index contributed by atoms with van der Waals surface area (Å²) in [4.78, 5) is 11.7. The number of nitrogens with zero attached hydrogens (tertiary/aromatic N) is 3. The summed E-state index contributed by atoms with van der Waals surface area (Å²) < 4.78 is 1.61. The van der Waals surface area contributed by atoms with Gasteiger partial charge >= 0.3 is 0 Å². The second-order valence-electron chi connectivity index (χ2n) is 4.06. The van der Waals surface area contributed by atoms with E-state index in [9.17, 15) is 4.79 Å². The molecule has 0 amide bonds. The molecule has 0 spiro atoms. The topological polar surface area (TPSA) is 47.8 Å². The second kappa shape index (κ2) is 4.35. The van der Waals surface area contributed by atoms with Gasteiger partial charge in [0.25, 0.3) is 0 Å². The maximum atomic E-state index is 11.7. The molecule has 0 aromatic carbocycles. The fraction of sp³-hybridized carbons (Fsp3) is 0.700. The Bertz CT molecular complexity index is 317. The van der Waals surface area contributed by atoms with E-state index >= 15 is 0 Å². The quantitative estimate of drug-likeness (QED) is 0.725. The van der Waals surface area contributed by atoms with Crippen LogP contribution in [0.4, 0.5) is 0 Å². The maximum absolute atomic E-state index is 11.7. The Labute approximate surface area is 84.3 Å². The highest BCUT2D eigenvalue weighted by Crippen LogP contribution is 2.12. The van der Waals surface area contributed by atoms with Crippen LogP contribution in [0.15, 0.2) is 6.20 Å². The van der Waals surface area contributed by atoms with Crippen LogP contribution in [-0.2, 0) is 18.3 Å². The van der Waals surface area contributed by atoms with E-state index in [1.54, 1.807) is 17.9 Å². The minimum Gasteiger partial charge on any atom is -0.299 e. The molecule has 0 fully saturated rings.